The minimum absolute atomic E-state index is 0.0681. The van der Waals surface area contributed by atoms with Crippen LogP contribution >= 0.6 is 0 Å². The fourth-order valence-corrected chi connectivity index (χ4v) is 2.22. The van der Waals surface area contributed by atoms with Gasteiger partial charge in [-0.3, -0.25) is 4.79 Å². The molecular weight excluding hydrogens is 282 g/mol. The Bertz CT molecular complexity index is 474. The highest BCUT2D eigenvalue weighted by atomic mass is 19.3. The summed E-state index contributed by atoms with van der Waals surface area (Å²) < 4.78 is 33.7. The van der Waals surface area contributed by atoms with Crippen molar-refractivity contribution >= 4 is 5.97 Å². The number of hydrogen-bond acceptors (Lipinski definition) is 4. The summed E-state index contributed by atoms with van der Waals surface area (Å²) in [6.45, 7) is 2.14. The Morgan fingerprint density at radius 2 is 2.05 bits per heavy atom. The standard InChI is InChI=1S/C15H20F2O4/c1-4-12(13(18)20-5-2)15(3,19)10-7-6-8-11(9-10)21-14(16)17/h6-9,12,14,19H,4-5H2,1-3H3. The first-order chi connectivity index (χ1) is 9.82. The van der Waals surface area contributed by atoms with Gasteiger partial charge in [0.05, 0.1) is 12.5 Å². The summed E-state index contributed by atoms with van der Waals surface area (Å²) >= 11 is 0. The first-order valence-electron chi connectivity index (χ1n) is 6.77. The Balaban J connectivity index is 3.07. The maximum atomic E-state index is 12.2. The van der Waals surface area contributed by atoms with E-state index in [1.807, 2.05) is 0 Å². The van der Waals surface area contributed by atoms with Crippen molar-refractivity contribution in [2.45, 2.75) is 39.4 Å². The molecule has 0 heterocycles. The van der Waals surface area contributed by atoms with E-state index in [4.69, 9.17) is 4.74 Å². The molecule has 1 aromatic carbocycles. The van der Waals surface area contributed by atoms with Gasteiger partial charge in [0.15, 0.2) is 0 Å². The van der Waals surface area contributed by atoms with E-state index in [1.54, 1.807) is 19.9 Å². The average molecular weight is 302 g/mol. The first kappa shape index (κ1) is 17.4. The molecule has 1 aromatic rings. The van der Waals surface area contributed by atoms with E-state index in [1.165, 1.54) is 25.1 Å². The molecule has 118 valence electrons. The molecule has 0 spiro atoms. The van der Waals surface area contributed by atoms with Crippen molar-refractivity contribution in [2.75, 3.05) is 6.61 Å². The van der Waals surface area contributed by atoms with Crippen LogP contribution in [0.3, 0.4) is 0 Å². The van der Waals surface area contributed by atoms with Gasteiger partial charge in [-0.1, -0.05) is 19.1 Å². The van der Waals surface area contributed by atoms with Crippen LogP contribution in [0.2, 0.25) is 0 Å². The van der Waals surface area contributed by atoms with Gasteiger partial charge >= 0.3 is 12.6 Å². The Kier molecular flexibility index (Phi) is 6.08. The zero-order valence-electron chi connectivity index (χ0n) is 12.3. The molecule has 4 nitrogen and oxygen atoms in total. The minimum Gasteiger partial charge on any atom is -0.466 e. The predicted octanol–water partition coefficient (Wildman–Crippen LogP) is 3.08. The summed E-state index contributed by atoms with van der Waals surface area (Å²) in [6, 6.07) is 5.70. The molecule has 0 aliphatic rings. The number of halogens is 2. The Morgan fingerprint density at radius 1 is 1.38 bits per heavy atom. The minimum atomic E-state index is -2.95. The van der Waals surface area contributed by atoms with Crippen LogP contribution in [-0.4, -0.2) is 24.3 Å². The van der Waals surface area contributed by atoms with Gasteiger partial charge < -0.3 is 14.6 Å². The number of carbonyl (C=O) groups is 1. The van der Waals surface area contributed by atoms with Crippen molar-refractivity contribution < 1.29 is 28.2 Å². The van der Waals surface area contributed by atoms with Gasteiger partial charge in [0, 0.05) is 0 Å². The third-order valence-electron chi connectivity index (χ3n) is 3.30. The number of hydrogen-bond donors (Lipinski definition) is 1. The van der Waals surface area contributed by atoms with Crippen LogP contribution in [0.1, 0.15) is 32.8 Å². The quantitative estimate of drug-likeness (QED) is 0.786. The Morgan fingerprint density at radius 3 is 2.57 bits per heavy atom. The van der Waals surface area contributed by atoms with Crippen LogP contribution in [-0.2, 0) is 15.1 Å². The van der Waals surface area contributed by atoms with Crippen molar-refractivity contribution in [1.29, 1.82) is 0 Å². The molecule has 21 heavy (non-hydrogen) atoms. The zero-order chi connectivity index (χ0) is 16.0. The van der Waals surface area contributed by atoms with Crippen LogP contribution in [0.15, 0.2) is 24.3 Å². The number of benzene rings is 1. The van der Waals surface area contributed by atoms with E-state index in [0.717, 1.165) is 0 Å². The average Bonchev–Trinajstić information content (AvgIpc) is 2.39. The van der Waals surface area contributed by atoms with Crippen LogP contribution < -0.4 is 4.74 Å². The largest absolute Gasteiger partial charge is 0.466 e. The second-order valence-corrected chi connectivity index (χ2v) is 4.77. The lowest BCUT2D eigenvalue weighted by molar-refractivity contribution is -0.158. The van der Waals surface area contributed by atoms with Crippen molar-refractivity contribution in [1.82, 2.24) is 0 Å². The monoisotopic (exact) mass is 302 g/mol. The van der Waals surface area contributed by atoms with Gasteiger partial charge in [-0.15, -0.1) is 0 Å². The zero-order valence-corrected chi connectivity index (χ0v) is 12.3. The first-order valence-corrected chi connectivity index (χ1v) is 6.77. The topological polar surface area (TPSA) is 55.8 Å². The smallest absolute Gasteiger partial charge is 0.387 e. The number of alkyl halides is 2. The lowest BCUT2D eigenvalue weighted by Crippen LogP contribution is -2.38. The molecule has 0 saturated carbocycles. The second-order valence-electron chi connectivity index (χ2n) is 4.77. The number of carbonyl (C=O) groups excluding carboxylic acids is 1. The van der Waals surface area contributed by atoms with Crippen LogP contribution in [0.4, 0.5) is 8.78 Å². The fraction of sp³-hybridized carbons (Fsp3) is 0.533. The molecule has 1 N–H and O–H groups in total. The number of aliphatic hydroxyl groups is 1. The molecule has 0 bridgehead atoms. The molecule has 0 aliphatic heterocycles. The maximum absolute atomic E-state index is 12.2. The Hall–Kier alpha value is -1.69. The maximum Gasteiger partial charge on any atom is 0.387 e. The summed E-state index contributed by atoms with van der Waals surface area (Å²) in [5, 5.41) is 10.7. The molecule has 0 radical (unpaired) electrons. The molecular formula is C15H20F2O4. The highest BCUT2D eigenvalue weighted by Crippen LogP contribution is 2.34. The lowest BCUT2D eigenvalue weighted by Gasteiger charge is -2.31. The molecule has 0 aliphatic carbocycles. The summed E-state index contributed by atoms with van der Waals surface area (Å²) in [5.41, 5.74) is -1.22. The van der Waals surface area contributed by atoms with Gasteiger partial charge in [-0.2, -0.15) is 8.78 Å². The predicted molar refractivity (Wildman–Crippen MR) is 73.1 cm³/mol. The van der Waals surface area contributed by atoms with Crippen molar-refractivity contribution in [3.8, 4) is 5.75 Å². The normalized spacial score (nSPS) is 15.4. The number of esters is 1. The van der Waals surface area contributed by atoms with E-state index in [-0.39, 0.29) is 12.4 Å². The number of rotatable bonds is 7. The Labute approximate surface area is 122 Å². The van der Waals surface area contributed by atoms with Crippen molar-refractivity contribution in [3.63, 3.8) is 0 Å². The summed E-state index contributed by atoms with van der Waals surface area (Å²) in [4.78, 5) is 11.9. The van der Waals surface area contributed by atoms with Gasteiger partial charge in [-0.05, 0) is 38.0 Å². The third-order valence-corrected chi connectivity index (χ3v) is 3.30. The summed E-state index contributed by atoms with van der Waals surface area (Å²) in [5.74, 6) is -1.38. The number of ether oxygens (including phenoxy) is 2. The molecule has 0 amide bonds. The SMILES string of the molecule is CCOC(=O)C(CC)C(C)(O)c1cccc(OC(F)F)c1. The van der Waals surface area contributed by atoms with Gasteiger partial charge in [-0.25, -0.2) is 0 Å². The van der Waals surface area contributed by atoms with Crippen molar-refractivity contribution in [2.24, 2.45) is 5.92 Å². The molecule has 0 fully saturated rings. The summed E-state index contributed by atoms with van der Waals surface area (Å²) in [6.07, 6.45) is 0.353. The third kappa shape index (κ3) is 4.39. The van der Waals surface area contributed by atoms with Crippen LogP contribution in [0.5, 0.6) is 5.75 Å². The molecule has 0 aromatic heterocycles. The van der Waals surface area contributed by atoms with Gasteiger partial charge in [0.2, 0.25) is 0 Å². The molecule has 6 heteroatoms. The van der Waals surface area contributed by atoms with Crippen LogP contribution in [0.25, 0.3) is 0 Å². The summed E-state index contributed by atoms with van der Waals surface area (Å²) in [7, 11) is 0. The molecule has 1 rings (SSSR count). The van der Waals surface area contributed by atoms with Gasteiger partial charge in [0.25, 0.3) is 0 Å². The van der Waals surface area contributed by atoms with E-state index in [0.29, 0.717) is 12.0 Å². The van der Waals surface area contributed by atoms with E-state index < -0.39 is 24.1 Å². The highest BCUT2D eigenvalue weighted by Gasteiger charge is 2.38. The fourth-order valence-electron chi connectivity index (χ4n) is 2.22. The van der Waals surface area contributed by atoms with E-state index in [2.05, 4.69) is 4.74 Å². The molecule has 2 unspecified atom stereocenters. The van der Waals surface area contributed by atoms with Crippen molar-refractivity contribution in [3.05, 3.63) is 29.8 Å². The second kappa shape index (κ2) is 7.36. The van der Waals surface area contributed by atoms with E-state index >= 15 is 0 Å². The van der Waals surface area contributed by atoms with Crippen LogP contribution in [0, 0.1) is 5.92 Å². The lowest BCUT2D eigenvalue weighted by atomic mass is 9.81. The highest BCUT2D eigenvalue weighted by molar-refractivity contribution is 5.74. The van der Waals surface area contributed by atoms with Gasteiger partial charge in [0.1, 0.15) is 11.4 Å². The van der Waals surface area contributed by atoms with E-state index in [9.17, 15) is 18.7 Å². The molecule has 2 atom stereocenters. The molecule has 0 saturated heterocycles.